The molecule has 5 heteroatoms. The summed E-state index contributed by atoms with van der Waals surface area (Å²) >= 11 is 6.62. The van der Waals surface area contributed by atoms with Gasteiger partial charge in [0.1, 0.15) is 5.75 Å². The van der Waals surface area contributed by atoms with Crippen molar-refractivity contribution in [3.63, 3.8) is 0 Å². The summed E-state index contributed by atoms with van der Waals surface area (Å²) < 4.78 is 6.75. The summed E-state index contributed by atoms with van der Waals surface area (Å²) in [4.78, 5) is 11.3. The van der Waals surface area contributed by atoms with E-state index in [9.17, 15) is 4.79 Å². The van der Waals surface area contributed by atoms with E-state index in [0.29, 0.717) is 5.75 Å². The predicted octanol–water partition coefficient (Wildman–Crippen LogP) is 3.71. The normalized spacial score (nSPS) is 10.2. The van der Waals surface area contributed by atoms with E-state index in [4.69, 9.17) is 4.74 Å². The lowest BCUT2D eigenvalue weighted by atomic mass is 10.3. The van der Waals surface area contributed by atoms with E-state index >= 15 is 0 Å². The molecule has 0 aliphatic carbocycles. The third kappa shape index (κ3) is 4.22. The second kappa shape index (κ2) is 5.51. The van der Waals surface area contributed by atoms with Gasteiger partial charge in [-0.1, -0.05) is 15.9 Å². The third-order valence-electron chi connectivity index (χ3n) is 1.50. The first kappa shape index (κ1) is 12.5. The highest BCUT2D eigenvalue weighted by molar-refractivity contribution is 9.11. The van der Waals surface area contributed by atoms with Crippen LogP contribution in [0.5, 0.6) is 5.75 Å². The van der Waals surface area contributed by atoms with Gasteiger partial charge in [0.25, 0.3) is 0 Å². The van der Waals surface area contributed by atoms with Gasteiger partial charge in [-0.2, -0.15) is 0 Å². The molecule has 0 bridgehead atoms. The number of hydrogen-bond donors (Lipinski definition) is 1. The standard InChI is InChI=1S/C10H11Br2NO2/c1-6(2)13-10(14)15-9-4-3-7(11)5-8(9)12/h3-6H,1-2H3,(H,13,14). The summed E-state index contributed by atoms with van der Waals surface area (Å²) in [6.45, 7) is 3.75. The number of halogens is 2. The van der Waals surface area contributed by atoms with Crippen LogP contribution < -0.4 is 10.1 Å². The van der Waals surface area contributed by atoms with Crippen molar-refractivity contribution in [1.29, 1.82) is 0 Å². The lowest BCUT2D eigenvalue weighted by molar-refractivity contribution is 0.197. The van der Waals surface area contributed by atoms with Crippen molar-refractivity contribution in [3.05, 3.63) is 27.1 Å². The van der Waals surface area contributed by atoms with Gasteiger partial charge in [-0.3, -0.25) is 0 Å². The molecule has 0 saturated carbocycles. The molecule has 0 heterocycles. The molecule has 15 heavy (non-hydrogen) atoms. The number of benzene rings is 1. The largest absolute Gasteiger partial charge is 0.412 e. The lowest BCUT2D eigenvalue weighted by Gasteiger charge is -2.10. The van der Waals surface area contributed by atoms with Gasteiger partial charge in [-0.15, -0.1) is 0 Å². The van der Waals surface area contributed by atoms with Crippen molar-refractivity contribution >= 4 is 38.0 Å². The first-order chi connectivity index (χ1) is 6.99. The summed E-state index contributed by atoms with van der Waals surface area (Å²) in [5.41, 5.74) is 0. The number of hydrogen-bond acceptors (Lipinski definition) is 2. The molecule has 0 fully saturated rings. The maximum atomic E-state index is 11.3. The van der Waals surface area contributed by atoms with E-state index in [-0.39, 0.29) is 6.04 Å². The molecule has 3 nitrogen and oxygen atoms in total. The maximum absolute atomic E-state index is 11.3. The quantitative estimate of drug-likeness (QED) is 0.894. The van der Waals surface area contributed by atoms with Crippen LogP contribution in [-0.2, 0) is 0 Å². The highest BCUT2D eigenvalue weighted by atomic mass is 79.9. The number of carbonyl (C=O) groups excluding carboxylic acids is 1. The Morgan fingerprint density at radius 1 is 1.40 bits per heavy atom. The minimum absolute atomic E-state index is 0.0618. The number of rotatable bonds is 2. The third-order valence-corrected chi connectivity index (χ3v) is 2.62. The SMILES string of the molecule is CC(C)NC(=O)Oc1ccc(Br)cc1Br. The first-order valence-corrected chi connectivity index (χ1v) is 6.01. The molecule has 0 unspecified atom stereocenters. The number of nitrogens with one attached hydrogen (secondary N) is 1. The van der Waals surface area contributed by atoms with Crippen LogP contribution in [0.2, 0.25) is 0 Å². The van der Waals surface area contributed by atoms with Crippen LogP contribution in [-0.4, -0.2) is 12.1 Å². The van der Waals surface area contributed by atoms with Crippen molar-refractivity contribution in [3.8, 4) is 5.75 Å². The van der Waals surface area contributed by atoms with Crippen molar-refractivity contribution in [2.24, 2.45) is 0 Å². The fraction of sp³-hybridized carbons (Fsp3) is 0.300. The monoisotopic (exact) mass is 335 g/mol. The first-order valence-electron chi connectivity index (χ1n) is 4.42. The zero-order chi connectivity index (χ0) is 11.4. The predicted molar refractivity (Wildman–Crippen MR) is 66.1 cm³/mol. The van der Waals surface area contributed by atoms with E-state index in [0.717, 1.165) is 8.95 Å². The summed E-state index contributed by atoms with van der Waals surface area (Å²) in [6, 6.07) is 5.40. The Balaban J connectivity index is 2.68. The fourth-order valence-corrected chi connectivity index (χ4v) is 2.05. The Hall–Kier alpha value is -0.550. The number of amides is 1. The Bertz CT molecular complexity index is 366. The minimum Gasteiger partial charge on any atom is -0.409 e. The molecule has 1 rings (SSSR count). The molecule has 1 aromatic rings. The zero-order valence-electron chi connectivity index (χ0n) is 8.38. The van der Waals surface area contributed by atoms with Gasteiger partial charge < -0.3 is 10.1 Å². The zero-order valence-corrected chi connectivity index (χ0v) is 11.6. The van der Waals surface area contributed by atoms with Crippen molar-refractivity contribution in [2.75, 3.05) is 0 Å². The molecule has 1 N–H and O–H groups in total. The van der Waals surface area contributed by atoms with Gasteiger partial charge in [0.05, 0.1) is 4.47 Å². The topological polar surface area (TPSA) is 38.3 Å². The van der Waals surface area contributed by atoms with Crippen molar-refractivity contribution < 1.29 is 9.53 Å². The Morgan fingerprint density at radius 2 is 2.07 bits per heavy atom. The summed E-state index contributed by atoms with van der Waals surface area (Å²) in [6.07, 6.45) is -0.451. The molecular formula is C10H11Br2NO2. The molecule has 1 aromatic carbocycles. The molecule has 0 atom stereocenters. The van der Waals surface area contributed by atoms with E-state index in [1.807, 2.05) is 26.0 Å². The fourth-order valence-electron chi connectivity index (χ4n) is 0.923. The van der Waals surface area contributed by atoms with Crippen LogP contribution in [0.3, 0.4) is 0 Å². The van der Waals surface area contributed by atoms with Crippen molar-refractivity contribution in [1.82, 2.24) is 5.32 Å². The Morgan fingerprint density at radius 3 is 2.60 bits per heavy atom. The molecule has 0 aliphatic rings. The second-order valence-electron chi connectivity index (χ2n) is 3.26. The van der Waals surface area contributed by atoms with Crippen LogP contribution in [0.15, 0.2) is 27.1 Å². The number of carbonyl (C=O) groups is 1. The molecule has 0 aliphatic heterocycles. The van der Waals surface area contributed by atoms with E-state index in [2.05, 4.69) is 37.2 Å². The van der Waals surface area contributed by atoms with Gasteiger partial charge in [0.15, 0.2) is 0 Å². The van der Waals surface area contributed by atoms with Crippen molar-refractivity contribution in [2.45, 2.75) is 19.9 Å². The number of ether oxygens (including phenoxy) is 1. The smallest absolute Gasteiger partial charge is 0.409 e. The summed E-state index contributed by atoms with van der Waals surface area (Å²) in [7, 11) is 0. The van der Waals surface area contributed by atoms with Gasteiger partial charge in [-0.25, -0.2) is 4.79 Å². The molecule has 0 radical (unpaired) electrons. The van der Waals surface area contributed by atoms with Gasteiger partial charge in [-0.05, 0) is 48.0 Å². The van der Waals surface area contributed by atoms with E-state index in [1.165, 1.54) is 0 Å². The summed E-state index contributed by atoms with van der Waals surface area (Å²) in [5, 5.41) is 2.64. The molecular weight excluding hydrogens is 326 g/mol. The molecule has 0 spiro atoms. The molecule has 1 amide bonds. The Labute approximate surface area is 105 Å². The van der Waals surface area contributed by atoms with Gasteiger partial charge >= 0.3 is 6.09 Å². The van der Waals surface area contributed by atoms with Crippen LogP contribution in [0.25, 0.3) is 0 Å². The van der Waals surface area contributed by atoms with E-state index < -0.39 is 6.09 Å². The van der Waals surface area contributed by atoms with Crippen LogP contribution in [0.4, 0.5) is 4.79 Å². The van der Waals surface area contributed by atoms with Crippen LogP contribution in [0, 0.1) is 0 Å². The average Bonchev–Trinajstić information content (AvgIpc) is 2.08. The second-order valence-corrected chi connectivity index (χ2v) is 5.03. The average molecular weight is 337 g/mol. The van der Waals surface area contributed by atoms with Crippen LogP contribution >= 0.6 is 31.9 Å². The molecule has 0 saturated heterocycles. The minimum atomic E-state index is -0.451. The summed E-state index contributed by atoms with van der Waals surface area (Å²) in [5.74, 6) is 0.497. The molecule has 82 valence electrons. The Kier molecular flexibility index (Phi) is 4.60. The van der Waals surface area contributed by atoms with Gasteiger partial charge in [0, 0.05) is 10.5 Å². The lowest BCUT2D eigenvalue weighted by Crippen LogP contribution is -2.32. The van der Waals surface area contributed by atoms with Crippen LogP contribution in [0.1, 0.15) is 13.8 Å². The maximum Gasteiger partial charge on any atom is 0.412 e. The highest BCUT2D eigenvalue weighted by Crippen LogP contribution is 2.28. The van der Waals surface area contributed by atoms with Gasteiger partial charge in [0.2, 0.25) is 0 Å². The van der Waals surface area contributed by atoms with E-state index in [1.54, 1.807) is 6.07 Å². The highest BCUT2D eigenvalue weighted by Gasteiger charge is 2.08. The molecule has 0 aromatic heterocycles.